The Morgan fingerprint density at radius 1 is 1.16 bits per heavy atom. The van der Waals surface area contributed by atoms with Crippen molar-refractivity contribution < 1.29 is 19.6 Å². The molecule has 3 aromatic carbocycles. The first kappa shape index (κ1) is 22.8. The van der Waals surface area contributed by atoms with Gasteiger partial charge in [-0.1, -0.05) is 6.07 Å². The summed E-state index contributed by atoms with van der Waals surface area (Å²) in [6.07, 6.45) is 1.47. The number of ether oxygens (including phenoxy) is 1. The lowest BCUT2D eigenvalue weighted by Crippen LogP contribution is -2.13. The summed E-state index contributed by atoms with van der Waals surface area (Å²) in [5.74, 6) is 0.115. The summed E-state index contributed by atoms with van der Waals surface area (Å²) in [4.78, 5) is 22.6. The minimum Gasteiger partial charge on any atom is -0.508 e. The standard InChI is InChI=1S/C23H16IN3O5/c24-21-12-16(11-17(13-25)23(29)26-18-4-8-20(28)9-5-18)3-10-22(21)32-14-15-1-6-19(7-2-15)27(30)31/h1-12,28H,14H2,(H,26,29)/b17-11+. The predicted octanol–water partition coefficient (Wildman–Crippen LogP) is 5.03. The van der Waals surface area contributed by atoms with Gasteiger partial charge in [-0.3, -0.25) is 14.9 Å². The van der Waals surface area contributed by atoms with Crippen LogP contribution in [0.4, 0.5) is 11.4 Å². The molecule has 0 fully saturated rings. The zero-order valence-electron chi connectivity index (χ0n) is 16.5. The van der Waals surface area contributed by atoms with E-state index in [1.54, 1.807) is 30.3 Å². The number of aromatic hydroxyl groups is 1. The molecular formula is C23H16IN3O5. The van der Waals surface area contributed by atoms with E-state index < -0.39 is 10.8 Å². The van der Waals surface area contributed by atoms with Crippen LogP contribution in [0.3, 0.4) is 0 Å². The van der Waals surface area contributed by atoms with Crippen molar-refractivity contribution in [2.75, 3.05) is 5.32 Å². The summed E-state index contributed by atoms with van der Waals surface area (Å²) in [5, 5.41) is 32.0. The molecule has 1 amide bonds. The number of rotatable bonds is 7. The summed E-state index contributed by atoms with van der Waals surface area (Å²) < 4.78 is 6.56. The molecule has 0 saturated carbocycles. The van der Waals surface area contributed by atoms with E-state index in [1.807, 2.05) is 6.07 Å². The maximum Gasteiger partial charge on any atom is 0.269 e. The largest absolute Gasteiger partial charge is 0.508 e. The second kappa shape index (κ2) is 10.4. The van der Waals surface area contributed by atoms with Crippen LogP contribution in [0.1, 0.15) is 11.1 Å². The van der Waals surface area contributed by atoms with Crippen LogP contribution >= 0.6 is 22.6 Å². The molecule has 160 valence electrons. The van der Waals surface area contributed by atoms with Crippen LogP contribution in [0, 0.1) is 25.0 Å². The van der Waals surface area contributed by atoms with E-state index >= 15 is 0 Å². The van der Waals surface area contributed by atoms with Crippen LogP contribution in [0.15, 0.2) is 72.3 Å². The molecule has 2 N–H and O–H groups in total. The van der Waals surface area contributed by atoms with E-state index in [4.69, 9.17) is 4.74 Å². The van der Waals surface area contributed by atoms with Gasteiger partial charge in [0, 0.05) is 17.8 Å². The third kappa shape index (κ3) is 6.05. The van der Waals surface area contributed by atoms with E-state index in [0.717, 1.165) is 9.13 Å². The number of halogens is 1. The first-order valence-electron chi connectivity index (χ1n) is 9.23. The summed E-state index contributed by atoms with van der Waals surface area (Å²) in [7, 11) is 0. The first-order valence-corrected chi connectivity index (χ1v) is 10.3. The molecule has 8 nitrogen and oxygen atoms in total. The molecule has 32 heavy (non-hydrogen) atoms. The first-order chi connectivity index (χ1) is 15.4. The van der Waals surface area contributed by atoms with Crippen molar-refractivity contribution in [3.63, 3.8) is 0 Å². The van der Waals surface area contributed by atoms with Crippen LogP contribution in [0.2, 0.25) is 0 Å². The van der Waals surface area contributed by atoms with Gasteiger partial charge in [0.25, 0.3) is 11.6 Å². The Labute approximate surface area is 197 Å². The molecule has 0 bridgehead atoms. The lowest BCUT2D eigenvalue weighted by Gasteiger charge is -2.09. The normalized spacial score (nSPS) is 10.8. The number of benzene rings is 3. The number of carbonyl (C=O) groups is 1. The molecule has 0 aromatic heterocycles. The number of nitriles is 1. The van der Waals surface area contributed by atoms with Gasteiger partial charge in [-0.25, -0.2) is 0 Å². The van der Waals surface area contributed by atoms with Gasteiger partial charge in [0.1, 0.15) is 29.7 Å². The van der Waals surface area contributed by atoms with Crippen molar-refractivity contribution in [1.29, 1.82) is 5.26 Å². The molecule has 3 aromatic rings. The second-order valence-electron chi connectivity index (χ2n) is 6.57. The van der Waals surface area contributed by atoms with Crippen molar-refractivity contribution >= 4 is 45.9 Å². The molecule has 0 saturated heterocycles. The average Bonchev–Trinajstić information content (AvgIpc) is 2.78. The predicted molar refractivity (Wildman–Crippen MR) is 127 cm³/mol. The monoisotopic (exact) mass is 541 g/mol. The summed E-state index contributed by atoms with van der Waals surface area (Å²) in [6.45, 7) is 0.238. The highest BCUT2D eigenvalue weighted by Crippen LogP contribution is 2.25. The van der Waals surface area contributed by atoms with E-state index in [-0.39, 0.29) is 23.6 Å². The average molecular weight is 541 g/mol. The number of nitrogens with zero attached hydrogens (tertiary/aromatic N) is 2. The fraction of sp³-hybridized carbons (Fsp3) is 0.0435. The van der Waals surface area contributed by atoms with E-state index in [9.17, 15) is 25.3 Å². The number of hydrogen-bond donors (Lipinski definition) is 2. The Balaban J connectivity index is 1.67. The van der Waals surface area contributed by atoms with Gasteiger partial charge in [0.05, 0.1) is 8.49 Å². The fourth-order valence-electron chi connectivity index (χ4n) is 2.66. The summed E-state index contributed by atoms with van der Waals surface area (Å²) in [5.41, 5.74) is 1.83. The van der Waals surface area contributed by atoms with Crippen molar-refractivity contribution in [2.24, 2.45) is 0 Å². The van der Waals surface area contributed by atoms with E-state index in [0.29, 0.717) is 17.0 Å². The number of phenols is 1. The Kier molecular flexibility index (Phi) is 7.41. The molecule has 0 aliphatic carbocycles. The van der Waals surface area contributed by atoms with Crippen LogP contribution in [0.5, 0.6) is 11.5 Å². The maximum absolute atomic E-state index is 12.4. The van der Waals surface area contributed by atoms with Crippen LogP contribution in [0.25, 0.3) is 6.08 Å². The number of nitrogens with one attached hydrogen (secondary N) is 1. The van der Waals surface area contributed by atoms with Gasteiger partial charge in [0.15, 0.2) is 0 Å². The third-order valence-electron chi connectivity index (χ3n) is 4.30. The Hall–Kier alpha value is -3.91. The smallest absolute Gasteiger partial charge is 0.269 e. The number of anilines is 1. The topological polar surface area (TPSA) is 125 Å². The number of carbonyl (C=O) groups excluding carboxylic acids is 1. The molecule has 3 rings (SSSR count). The van der Waals surface area contributed by atoms with Crippen molar-refractivity contribution in [2.45, 2.75) is 6.61 Å². The van der Waals surface area contributed by atoms with E-state index in [2.05, 4.69) is 27.9 Å². The van der Waals surface area contributed by atoms with Gasteiger partial charge in [-0.2, -0.15) is 5.26 Å². The molecule has 0 unspecified atom stereocenters. The number of amides is 1. The Morgan fingerprint density at radius 3 is 2.44 bits per heavy atom. The Bertz CT molecular complexity index is 1220. The quantitative estimate of drug-likeness (QED) is 0.108. The molecular weight excluding hydrogens is 525 g/mol. The number of non-ortho nitro benzene ring substituents is 1. The van der Waals surface area contributed by atoms with Crippen molar-refractivity contribution in [3.05, 3.63) is 97.1 Å². The molecule has 0 aliphatic heterocycles. The third-order valence-corrected chi connectivity index (χ3v) is 5.14. The Morgan fingerprint density at radius 2 is 1.84 bits per heavy atom. The van der Waals surface area contributed by atoms with Crippen molar-refractivity contribution in [3.8, 4) is 17.6 Å². The van der Waals surface area contributed by atoms with Gasteiger partial charge < -0.3 is 15.2 Å². The van der Waals surface area contributed by atoms with Gasteiger partial charge in [0.2, 0.25) is 0 Å². The molecule has 9 heteroatoms. The van der Waals surface area contributed by atoms with Gasteiger partial charge >= 0.3 is 0 Å². The van der Waals surface area contributed by atoms with Gasteiger partial charge in [-0.05, 0) is 88.3 Å². The molecule has 0 atom stereocenters. The molecule has 0 heterocycles. The number of nitro benzene ring substituents is 1. The summed E-state index contributed by atoms with van der Waals surface area (Å²) in [6, 6.07) is 19.2. The number of phenolic OH excluding ortho intramolecular Hbond substituents is 1. The second-order valence-corrected chi connectivity index (χ2v) is 7.74. The zero-order valence-corrected chi connectivity index (χ0v) is 18.6. The molecule has 0 spiro atoms. The number of hydrogen-bond acceptors (Lipinski definition) is 6. The molecule has 0 aliphatic rings. The molecule has 0 radical (unpaired) electrons. The van der Waals surface area contributed by atoms with E-state index in [1.165, 1.54) is 42.5 Å². The van der Waals surface area contributed by atoms with Crippen LogP contribution in [-0.2, 0) is 11.4 Å². The fourth-order valence-corrected chi connectivity index (χ4v) is 3.35. The SMILES string of the molecule is N#C/C(=C\c1ccc(OCc2ccc([N+](=O)[O-])cc2)c(I)c1)C(=O)Nc1ccc(O)cc1. The van der Waals surface area contributed by atoms with Gasteiger partial charge in [-0.15, -0.1) is 0 Å². The maximum atomic E-state index is 12.4. The van der Waals surface area contributed by atoms with Crippen molar-refractivity contribution in [1.82, 2.24) is 0 Å². The minimum absolute atomic E-state index is 0.0159. The zero-order chi connectivity index (χ0) is 23.1. The summed E-state index contributed by atoms with van der Waals surface area (Å²) >= 11 is 2.09. The van der Waals surface area contributed by atoms with Crippen LogP contribution < -0.4 is 10.1 Å². The lowest BCUT2D eigenvalue weighted by atomic mass is 10.1. The van der Waals surface area contributed by atoms with Crippen LogP contribution in [-0.4, -0.2) is 15.9 Å². The highest BCUT2D eigenvalue weighted by atomic mass is 127. The highest BCUT2D eigenvalue weighted by Gasteiger charge is 2.11. The number of nitro groups is 1. The minimum atomic E-state index is -0.563. The highest BCUT2D eigenvalue weighted by molar-refractivity contribution is 14.1. The lowest BCUT2D eigenvalue weighted by molar-refractivity contribution is -0.384.